The minimum absolute atomic E-state index is 0.0909. The molecular weight excluding hydrogens is 588 g/mol. The zero-order valence-corrected chi connectivity index (χ0v) is 30.8. The first kappa shape index (κ1) is 39.5. The lowest BCUT2D eigenvalue weighted by Crippen LogP contribution is -2.08. The highest BCUT2D eigenvalue weighted by Gasteiger charge is 2.10. The lowest BCUT2D eigenvalue weighted by atomic mass is 10.0. The summed E-state index contributed by atoms with van der Waals surface area (Å²) >= 11 is 0. The molecule has 0 aliphatic carbocycles. The first-order valence-electron chi connectivity index (χ1n) is 19.7. The average molecular weight is 655 g/mol. The van der Waals surface area contributed by atoms with Crippen LogP contribution in [0.5, 0.6) is 5.75 Å². The van der Waals surface area contributed by atoms with Gasteiger partial charge in [-0.1, -0.05) is 178 Å². The van der Waals surface area contributed by atoms with Crippen LogP contribution in [0.3, 0.4) is 0 Å². The van der Waals surface area contributed by atoms with Crippen LogP contribution in [0, 0.1) is 0 Å². The Kier molecular flexibility index (Phi) is 20.7. The molecule has 0 amide bonds. The molecule has 0 aliphatic rings. The predicted molar refractivity (Wildman–Crippen MR) is 205 cm³/mol. The average Bonchev–Trinajstić information content (AvgIpc) is 3.12. The summed E-state index contributed by atoms with van der Waals surface area (Å²) in [4.78, 5) is 12.8. The molecule has 3 aromatic rings. The normalized spacial score (nSPS) is 11.9. The van der Waals surface area contributed by atoms with E-state index in [0.717, 1.165) is 30.6 Å². The molecule has 3 nitrogen and oxygen atoms in total. The molecule has 0 saturated carbocycles. The van der Waals surface area contributed by atoms with Gasteiger partial charge >= 0.3 is 5.97 Å². The third-order valence-electron chi connectivity index (χ3n) is 9.65. The number of hydrogen-bond acceptors (Lipinski definition) is 3. The van der Waals surface area contributed by atoms with E-state index in [1.54, 1.807) is 0 Å². The van der Waals surface area contributed by atoms with E-state index in [0.29, 0.717) is 11.3 Å². The summed E-state index contributed by atoms with van der Waals surface area (Å²) in [7, 11) is 0. The third kappa shape index (κ3) is 16.5. The minimum atomic E-state index is -0.315. The number of hydrogen-bond donors (Lipinski definition) is 0. The van der Waals surface area contributed by atoms with Crippen molar-refractivity contribution in [1.82, 2.24) is 0 Å². The van der Waals surface area contributed by atoms with Gasteiger partial charge in [-0.25, -0.2) is 4.79 Å². The number of carbonyl (C=O) groups excluding carboxylic acids is 1. The van der Waals surface area contributed by atoms with Crippen molar-refractivity contribution in [3.8, 4) is 16.9 Å². The minimum Gasteiger partial charge on any atom is -0.423 e. The van der Waals surface area contributed by atoms with Crippen LogP contribution in [0.15, 0.2) is 72.8 Å². The van der Waals surface area contributed by atoms with Gasteiger partial charge in [-0.15, -0.1) is 0 Å². The predicted octanol–water partition coefficient (Wildman–Crippen LogP) is 14.0. The molecule has 48 heavy (non-hydrogen) atoms. The molecular formula is C45H66O3. The molecule has 0 saturated heterocycles. The number of carbonyl (C=O) groups is 1. The first-order valence-corrected chi connectivity index (χ1v) is 19.7. The number of benzene rings is 3. The van der Waals surface area contributed by atoms with E-state index in [1.165, 1.54) is 133 Å². The van der Waals surface area contributed by atoms with E-state index < -0.39 is 0 Å². The number of ether oxygens (including phenoxy) is 2. The van der Waals surface area contributed by atoms with Crippen LogP contribution in [0.1, 0.15) is 177 Å². The van der Waals surface area contributed by atoms with Crippen LogP contribution in [-0.4, -0.2) is 12.6 Å². The molecule has 0 bridgehead atoms. The van der Waals surface area contributed by atoms with Gasteiger partial charge in [0.25, 0.3) is 0 Å². The highest BCUT2D eigenvalue weighted by atomic mass is 16.5. The number of esters is 1. The zero-order valence-electron chi connectivity index (χ0n) is 30.8. The first-order chi connectivity index (χ1) is 23.6. The van der Waals surface area contributed by atoms with Gasteiger partial charge in [0.15, 0.2) is 0 Å². The van der Waals surface area contributed by atoms with Crippen molar-refractivity contribution >= 4 is 5.97 Å². The third-order valence-corrected chi connectivity index (χ3v) is 9.65. The van der Waals surface area contributed by atoms with Gasteiger partial charge in [0.05, 0.1) is 11.7 Å². The summed E-state index contributed by atoms with van der Waals surface area (Å²) in [5, 5.41) is 0. The molecule has 0 fully saturated rings. The van der Waals surface area contributed by atoms with Crippen molar-refractivity contribution in [1.29, 1.82) is 0 Å². The number of aryl methyl sites for hydroxylation is 1. The molecule has 1 atom stereocenters. The van der Waals surface area contributed by atoms with Crippen LogP contribution < -0.4 is 4.74 Å². The molecule has 264 valence electrons. The molecule has 0 spiro atoms. The largest absolute Gasteiger partial charge is 0.423 e. The van der Waals surface area contributed by atoms with Gasteiger partial charge in [-0.05, 0) is 72.7 Å². The van der Waals surface area contributed by atoms with Crippen molar-refractivity contribution < 1.29 is 14.3 Å². The van der Waals surface area contributed by atoms with Gasteiger partial charge in [0.2, 0.25) is 0 Å². The molecule has 3 aromatic carbocycles. The van der Waals surface area contributed by atoms with Crippen LogP contribution >= 0.6 is 0 Å². The van der Waals surface area contributed by atoms with Crippen molar-refractivity contribution in [2.24, 2.45) is 0 Å². The molecule has 3 rings (SSSR count). The second-order valence-corrected chi connectivity index (χ2v) is 13.9. The maximum absolute atomic E-state index is 12.8. The lowest BCUT2D eigenvalue weighted by molar-refractivity contribution is 0.0627. The van der Waals surface area contributed by atoms with Gasteiger partial charge < -0.3 is 9.47 Å². The highest BCUT2D eigenvalue weighted by molar-refractivity contribution is 5.91. The van der Waals surface area contributed by atoms with E-state index >= 15 is 0 Å². The van der Waals surface area contributed by atoms with Crippen molar-refractivity contribution in [2.75, 3.05) is 6.61 Å². The fourth-order valence-electron chi connectivity index (χ4n) is 6.40. The summed E-state index contributed by atoms with van der Waals surface area (Å²) < 4.78 is 11.8. The van der Waals surface area contributed by atoms with E-state index in [2.05, 4.69) is 57.2 Å². The Morgan fingerprint density at radius 3 is 1.46 bits per heavy atom. The maximum Gasteiger partial charge on any atom is 0.343 e. The molecule has 0 radical (unpaired) electrons. The molecule has 0 aromatic heterocycles. The van der Waals surface area contributed by atoms with Crippen LogP contribution in [0.25, 0.3) is 11.1 Å². The Morgan fingerprint density at radius 2 is 0.958 bits per heavy atom. The quantitative estimate of drug-likeness (QED) is 0.0466. The van der Waals surface area contributed by atoms with Crippen molar-refractivity contribution in [3.63, 3.8) is 0 Å². The topological polar surface area (TPSA) is 35.5 Å². The van der Waals surface area contributed by atoms with Crippen LogP contribution in [0.4, 0.5) is 0 Å². The van der Waals surface area contributed by atoms with E-state index in [-0.39, 0.29) is 12.1 Å². The van der Waals surface area contributed by atoms with Crippen LogP contribution in [-0.2, 0) is 11.2 Å². The second kappa shape index (κ2) is 25.1. The highest BCUT2D eigenvalue weighted by Crippen LogP contribution is 2.26. The summed E-state index contributed by atoms with van der Waals surface area (Å²) in [6.45, 7) is 7.51. The molecule has 3 heteroatoms. The Balaban J connectivity index is 1.30. The van der Waals surface area contributed by atoms with Gasteiger partial charge in [0, 0.05) is 6.61 Å². The fourth-order valence-corrected chi connectivity index (χ4v) is 6.40. The summed E-state index contributed by atoms with van der Waals surface area (Å²) in [5.74, 6) is 0.244. The second-order valence-electron chi connectivity index (χ2n) is 13.9. The van der Waals surface area contributed by atoms with Gasteiger partial charge in [0.1, 0.15) is 5.75 Å². The Morgan fingerprint density at radius 1 is 0.521 bits per heavy atom. The van der Waals surface area contributed by atoms with Gasteiger partial charge in [-0.3, -0.25) is 0 Å². The Bertz CT molecular complexity index is 1210. The maximum atomic E-state index is 12.8. The fraction of sp³-hybridized carbons (Fsp3) is 0.578. The standard InChI is InChI=1S/C45H66O3/c1-4-6-8-10-12-14-16-18-20-22-24-39-25-27-43(28-26-39)45(46)48-44-35-33-42(34-36-44)41-31-29-40(30-32-41)38(3)47-37-23-21-19-17-15-13-11-9-7-5-2/h25-36,38H,4-24,37H2,1-3H3. The van der Waals surface area contributed by atoms with Crippen molar-refractivity contribution in [3.05, 3.63) is 89.5 Å². The summed E-state index contributed by atoms with van der Waals surface area (Å²) in [5.41, 5.74) is 5.31. The number of rotatable bonds is 27. The zero-order chi connectivity index (χ0) is 34.1. The molecule has 1 unspecified atom stereocenters. The summed E-state index contributed by atoms with van der Waals surface area (Å²) in [6, 6.07) is 24.3. The molecule has 0 heterocycles. The van der Waals surface area contributed by atoms with Gasteiger partial charge in [-0.2, -0.15) is 0 Å². The Hall–Kier alpha value is -2.91. The molecule has 0 N–H and O–H groups in total. The Labute approximate surface area is 294 Å². The smallest absolute Gasteiger partial charge is 0.343 e. The van der Waals surface area contributed by atoms with E-state index in [4.69, 9.17) is 9.47 Å². The molecule has 0 aliphatic heterocycles. The monoisotopic (exact) mass is 655 g/mol. The lowest BCUT2D eigenvalue weighted by Gasteiger charge is -2.14. The summed E-state index contributed by atoms with van der Waals surface area (Å²) in [6.07, 6.45) is 28.0. The number of unbranched alkanes of at least 4 members (excludes halogenated alkanes) is 18. The SMILES string of the molecule is CCCCCCCCCCCCOC(C)c1ccc(-c2ccc(OC(=O)c3ccc(CCCCCCCCCCCC)cc3)cc2)cc1. The van der Waals surface area contributed by atoms with Crippen LogP contribution in [0.2, 0.25) is 0 Å². The van der Waals surface area contributed by atoms with E-state index in [9.17, 15) is 4.79 Å². The van der Waals surface area contributed by atoms with Crippen molar-refractivity contribution in [2.45, 2.75) is 162 Å². The van der Waals surface area contributed by atoms with E-state index in [1.807, 2.05) is 36.4 Å².